The van der Waals surface area contributed by atoms with Gasteiger partial charge in [0.25, 0.3) is 0 Å². The number of ether oxygens (including phenoxy) is 1. The van der Waals surface area contributed by atoms with Crippen LogP contribution in [0, 0.1) is 11.3 Å². The van der Waals surface area contributed by atoms with Crippen LogP contribution in [0.4, 0.5) is 22.2 Å². The van der Waals surface area contributed by atoms with E-state index in [4.69, 9.17) is 9.72 Å². The SMILES string of the molecule is C[C@@H]1CN(c2ccc(C#N)c3ncccc23)C[C@H](CN2CCN(c3ccnc(N4CCN(C(=O)O)CC4)n3)CC2)O1. The van der Waals surface area contributed by atoms with E-state index in [2.05, 4.69) is 42.6 Å². The first-order chi connectivity index (χ1) is 20.0. The maximum atomic E-state index is 11.2. The lowest BCUT2D eigenvalue weighted by molar-refractivity contribution is -0.0327. The van der Waals surface area contributed by atoms with E-state index in [1.165, 1.54) is 4.90 Å². The molecule has 0 aliphatic carbocycles. The summed E-state index contributed by atoms with van der Waals surface area (Å²) in [6.45, 7) is 10.2. The zero-order valence-corrected chi connectivity index (χ0v) is 23.3. The van der Waals surface area contributed by atoms with Gasteiger partial charge in [0.1, 0.15) is 11.9 Å². The zero-order chi connectivity index (χ0) is 28.3. The van der Waals surface area contributed by atoms with Crippen LogP contribution >= 0.6 is 0 Å². The Morgan fingerprint density at radius 2 is 1.76 bits per heavy atom. The third kappa shape index (κ3) is 5.82. The first-order valence-corrected chi connectivity index (χ1v) is 14.2. The number of anilines is 3. The molecule has 5 heterocycles. The second-order valence-corrected chi connectivity index (χ2v) is 10.9. The Balaban J connectivity index is 1.06. The van der Waals surface area contributed by atoms with Gasteiger partial charge in [-0.05, 0) is 37.3 Å². The molecule has 0 unspecified atom stereocenters. The van der Waals surface area contributed by atoms with Crippen molar-refractivity contribution in [3.63, 3.8) is 0 Å². The molecular formula is C29H35N9O3. The molecule has 3 saturated heterocycles. The predicted octanol–water partition coefficient (Wildman–Crippen LogP) is 2.11. The largest absolute Gasteiger partial charge is 0.465 e. The minimum atomic E-state index is -0.877. The van der Waals surface area contributed by atoms with E-state index in [1.54, 1.807) is 12.4 Å². The number of hydrogen-bond acceptors (Lipinski definition) is 10. The lowest BCUT2D eigenvalue weighted by Crippen LogP contribution is -2.54. The number of piperazine rings is 2. The van der Waals surface area contributed by atoms with Crippen LogP contribution in [0.5, 0.6) is 0 Å². The monoisotopic (exact) mass is 557 g/mol. The fourth-order valence-electron chi connectivity index (χ4n) is 6.08. The van der Waals surface area contributed by atoms with Gasteiger partial charge in [0.15, 0.2) is 0 Å². The van der Waals surface area contributed by atoms with Gasteiger partial charge in [0.2, 0.25) is 5.95 Å². The number of benzene rings is 1. The summed E-state index contributed by atoms with van der Waals surface area (Å²) in [6.07, 6.45) is 2.82. The van der Waals surface area contributed by atoms with Crippen molar-refractivity contribution in [1.29, 1.82) is 5.26 Å². The number of rotatable bonds is 5. The van der Waals surface area contributed by atoms with Crippen molar-refractivity contribution in [2.45, 2.75) is 19.1 Å². The highest BCUT2D eigenvalue weighted by molar-refractivity contribution is 5.95. The number of pyridine rings is 1. The molecule has 6 rings (SSSR count). The lowest BCUT2D eigenvalue weighted by Gasteiger charge is -2.42. The summed E-state index contributed by atoms with van der Waals surface area (Å²) < 4.78 is 6.38. The van der Waals surface area contributed by atoms with Crippen LogP contribution < -0.4 is 14.7 Å². The number of fused-ring (bicyclic) bond motifs is 1. The van der Waals surface area contributed by atoms with Gasteiger partial charge in [0, 0.05) is 95.5 Å². The molecule has 0 spiro atoms. The van der Waals surface area contributed by atoms with Crippen LogP contribution in [0.3, 0.4) is 0 Å². The van der Waals surface area contributed by atoms with Crippen molar-refractivity contribution >= 4 is 34.4 Å². The van der Waals surface area contributed by atoms with Gasteiger partial charge >= 0.3 is 6.09 Å². The predicted molar refractivity (Wildman–Crippen MR) is 156 cm³/mol. The summed E-state index contributed by atoms with van der Waals surface area (Å²) in [5.41, 5.74) is 2.44. The molecule has 2 aromatic heterocycles. The minimum Gasteiger partial charge on any atom is -0.465 e. The van der Waals surface area contributed by atoms with E-state index in [0.29, 0.717) is 37.7 Å². The smallest absolute Gasteiger partial charge is 0.407 e. The van der Waals surface area contributed by atoms with Crippen LogP contribution in [0.15, 0.2) is 42.7 Å². The van der Waals surface area contributed by atoms with Crippen molar-refractivity contribution in [2.75, 3.05) is 86.7 Å². The molecule has 12 nitrogen and oxygen atoms in total. The fraction of sp³-hybridized carbons (Fsp3) is 0.483. The number of hydrogen-bond donors (Lipinski definition) is 1. The number of aromatic nitrogens is 3. The molecular weight excluding hydrogens is 522 g/mol. The maximum Gasteiger partial charge on any atom is 0.407 e. The Labute approximate surface area is 239 Å². The first kappa shape index (κ1) is 27.0. The average molecular weight is 558 g/mol. The van der Waals surface area contributed by atoms with Crippen molar-refractivity contribution in [3.8, 4) is 6.07 Å². The van der Waals surface area contributed by atoms with Crippen LogP contribution in [0.25, 0.3) is 10.9 Å². The molecule has 12 heteroatoms. The normalized spacial score (nSPS) is 22.1. The van der Waals surface area contributed by atoms with Crippen LogP contribution in [0.2, 0.25) is 0 Å². The second-order valence-electron chi connectivity index (χ2n) is 10.9. The molecule has 1 aromatic carbocycles. The number of carbonyl (C=O) groups is 1. The molecule has 0 radical (unpaired) electrons. The van der Waals surface area contributed by atoms with Gasteiger partial charge < -0.3 is 29.4 Å². The fourth-order valence-corrected chi connectivity index (χ4v) is 6.08. The van der Waals surface area contributed by atoms with Crippen molar-refractivity contribution in [3.05, 3.63) is 48.3 Å². The van der Waals surface area contributed by atoms with Crippen molar-refractivity contribution < 1.29 is 14.6 Å². The van der Waals surface area contributed by atoms with E-state index in [9.17, 15) is 15.2 Å². The summed E-state index contributed by atoms with van der Waals surface area (Å²) in [7, 11) is 0. The maximum absolute atomic E-state index is 11.2. The minimum absolute atomic E-state index is 0.0720. The Hall–Kier alpha value is -4.21. The number of nitriles is 1. The van der Waals surface area contributed by atoms with E-state index >= 15 is 0 Å². The Morgan fingerprint density at radius 1 is 0.976 bits per heavy atom. The molecule has 0 saturated carbocycles. The summed E-state index contributed by atoms with van der Waals surface area (Å²) >= 11 is 0. The first-order valence-electron chi connectivity index (χ1n) is 14.2. The van der Waals surface area contributed by atoms with Crippen molar-refractivity contribution in [1.82, 2.24) is 24.8 Å². The van der Waals surface area contributed by atoms with Gasteiger partial charge in [0.05, 0.1) is 23.3 Å². The van der Waals surface area contributed by atoms with Crippen LogP contribution in [-0.4, -0.2) is 120 Å². The van der Waals surface area contributed by atoms with Crippen LogP contribution in [0.1, 0.15) is 12.5 Å². The standard InChI is InChI=1S/C29H35N9O3/c1-21-18-38(25-5-4-22(17-30)27-24(25)3-2-7-31-27)20-23(41-21)19-34-9-11-35(12-10-34)26-6-8-32-28(33-26)36-13-15-37(16-14-36)29(39)40/h2-8,21,23H,9-16,18-20H2,1H3,(H,39,40)/t21-,23+/m1/s1. The summed E-state index contributed by atoms with van der Waals surface area (Å²) in [4.78, 5) is 35.6. The Kier molecular flexibility index (Phi) is 7.71. The highest BCUT2D eigenvalue weighted by atomic mass is 16.5. The molecule has 3 aliphatic rings. The lowest BCUT2D eigenvalue weighted by atomic mass is 10.1. The molecule has 0 bridgehead atoms. The van der Waals surface area contributed by atoms with E-state index in [1.807, 2.05) is 30.3 Å². The van der Waals surface area contributed by atoms with Gasteiger partial charge in [-0.3, -0.25) is 9.88 Å². The third-order valence-corrected chi connectivity index (χ3v) is 8.15. The average Bonchev–Trinajstić information content (AvgIpc) is 3.00. The molecule has 3 aromatic rings. The van der Waals surface area contributed by atoms with Gasteiger partial charge in [-0.2, -0.15) is 10.2 Å². The summed E-state index contributed by atoms with van der Waals surface area (Å²) in [5.74, 6) is 1.57. The van der Waals surface area contributed by atoms with Crippen LogP contribution in [-0.2, 0) is 4.74 Å². The number of nitrogens with zero attached hydrogens (tertiary/aromatic N) is 9. The Morgan fingerprint density at radius 3 is 2.51 bits per heavy atom. The van der Waals surface area contributed by atoms with Crippen molar-refractivity contribution in [2.24, 2.45) is 0 Å². The van der Waals surface area contributed by atoms with Gasteiger partial charge in [-0.1, -0.05) is 0 Å². The molecule has 214 valence electrons. The quantitative estimate of drug-likeness (QED) is 0.496. The number of morpholine rings is 1. The molecule has 1 N–H and O–H groups in total. The van der Waals surface area contributed by atoms with Gasteiger partial charge in [-0.15, -0.1) is 0 Å². The molecule has 2 atom stereocenters. The third-order valence-electron chi connectivity index (χ3n) is 8.15. The number of carboxylic acid groups (broad SMARTS) is 1. The topological polar surface area (TPSA) is 125 Å². The van der Waals surface area contributed by atoms with Gasteiger partial charge in [-0.25, -0.2) is 9.78 Å². The molecule has 3 fully saturated rings. The summed E-state index contributed by atoms with van der Waals surface area (Å²) in [5, 5.41) is 19.7. The zero-order valence-electron chi connectivity index (χ0n) is 23.3. The number of amides is 1. The highest BCUT2D eigenvalue weighted by Crippen LogP contribution is 2.30. The summed E-state index contributed by atoms with van der Waals surface area (Å²) in [6, 6.07) is 12.1. The highest BCUT2D eigenvalue weighted by Gasteiger charge is 2.30. The molecule has 41 heavy (non-hydrogen) atoms. The molecule has 1 amide bonds. The van der Waals surface area contributed by atoms with E-state index < -0.39 is 6.09 Å². The Bertz CT molecular complexity index is 1430. The van der Waals surface area contributed by atoms with E-state index in [-0.39, 0.29) is 12.2 Å². The molecule has 3 aliphatic heterocycles. The second kappa shape index (κ2) is 11.7. The van der Waals surface area contributed by atoms with E-state index in [0.717, 1.165) is 68.2 Å².